The molecule has 0 aliphatic carbocycles. The lowest BCUT2D eigenvalue weighted by Gasteiger charge is -2.39. The lowest BCUT2D eigenvalue weighted by molar-refractivity contribution is -0.0959. The van der Waals surface area contributed by atoms with Crippen molar-refractivity contribution in [2.45, 2.75) is 18.1 Å². The normalized spacial score (nSPS) is 19.7. The number of likely N-dealkylation sites (N-methyl/N-ethyl adjacent to an activating group) is 1. The summed E-state index contributed by atoms with van der Waals surface area (Å²) >= 11 is 11.9. The molecule has 2 atom stereocenters. The van der Waals surface area contributed by atoms with Gasteiger partial charge in [0.05, 0.1) is 21.2 Å². The Labute approximate surface area is 167 Å². The summed E-state index contributed by atoms with van der Waals surface area (Å²) in [5.41, 5.74) is -4.27. The summed E-state index contributed by atoms with van der Waals surface area (Å²) in [5, 5.41) is 11.7. The van der Waals surface area contributed by atoms with Crippen molar-refractivity contribution in [2.24, 2.45) is 0 Å². The van der Waals surface area contributed by atoms with E-state index in [0.29, 0.717) is 10.5 Å². The van der Waals surface area contributed by atoms with E-state index in [1.165, 1.54) is 24.3 Å². The van der Waals surface area contributed by atoms with Crippen LogP contribution in [-0.2, 0) is 5.72 Å². The summed E-state index contributed by atoms with van der Waals surface area (Å²) < 4.78 is 56.5. The van der Waals surface area contributed by atoms with Crippen molar-refractivity contribution >= 4 is 29.1 Å². The Morgan fingerprint density at radius 1 is 1.14 bits per heavy atom. The summed E-state index contributed by atoms with van der Waals surface area (Å²) in [6.45, 7) is 3.56. The van der Waals surface area contributed by atoms with Crippen molar-refractivity contribution < 1.29 is 27.5 Å². The molecule has 9 heteroatoms. The van der Waals surface area contributed by atoms with Crippen LogP contribution in [-0.4, -0.2) is 23.0 Å². The molecule has 3 rings (SSSR count). The van der Waals surface area contributed by atoms with E-state index in [9.17, 15) is 27.5 Å². The average Bonchev–Trinajstić information content (AvgIpc) is 2.87. The quantitative estimate of drug-likeness (QED) is 0.313. The zero-order valence-corrected chi connectivity index (χ0v) is 15.9. The Balaban J connectivity index is 2.35. The van der Waals surface area contributed by atoms with Gasteiger partial charge in [0, 0.05) is 13.0 Å². The molecule has 3 nitrogen and oxygen atoms in total. The molecule has 0 radical (unpaired) electrons. The predicted octanol–water partition coefficient (Wildman–Crippen LogP) is 5.14. The number of rotatable bonds is 4. The van der Waals surface area contributed by atoms with E-state index < -0.39 is 51.9 Å². The van der Waals surface area contributed by atoms with Crippen molar-refractivity contribution in [1.29, 1.82) is 0 Å². The van der Waals surface area contributed by atoms with E-state index in [2.05, 4.69) is 6.58 Å². The molecular weight excluding hydrogens is 421 g/mol. The van der Waals surface area contributed by atoms with Gasteiger partial charge in [-0.3, -0.25) is 4.79 Å². The zero-order chi connectivity index (χ0) is 21.0. The molecule has 1 aliphatic heterocycles. The number of amides is 1. The standard InChI is InChI=1S/C19H13Cl2F4NO2/c1-3-4-9(8-5-6-10(20)11(21)7-8)19(28)13-12(18(27)26(19)2)14(22)16(24)17(25)15(13)23/h3,5-7,9,28H,1,4H2,2H3. The van der Waals surface area contributed by atoms with Crippen molar-refractivity contribution in [2.75, 3.05) is 7.05 Å². The maximum Gasteiger partial charge on any atom is 0.259 e. The Kier molecular flexibility index (Phi) is 5.20. The number of benzene rings is 2. The van der Waals surface area contributed by atoms with Gasteiger partial charge >= 0.3 is 0 Å². The third-order valence-corrected chi connectivity index (χ3v) is 5.64. The monoisotopic (exact) mass is 433 g/mol. The SMILES string of the molecule is C=CCC(c1ccc(Cl)c(Cl)c1)C1(O)c2c(F)c(F)c(F)c(F)c2C(=O)N1C. The summed E-state index contributed by atoms with van der Waals surface area (Å²) in [6, 6.07) is 4.25. The van der Waals surface area contributed by atoms with E-state index in [4.69, 9.17) is 23.2 Å². The number of hydrogen-bond donors (Lipinski definition) is 1. The molecule has 148 valence electrons. The third kappa shape index (κ3) is 2.72. The van der Waals surface area contributed by atoms with Crippen LogP contribution in [0.25, 0.3) is 0 Å². The maximum absolute atomic E-state index is 14.7. The van der Waals surface area contributed by atoms with Crippen LogP contribution in [0.2, 0.25) is 10.0 Å². The molecule has 0 fully saturated rings. The topological polar surface area (TPSA) is 40.5 Å². The van der Waals surface area contributed by atoms with E-state index >= 15 is 0 Å². The number of carbonyl (C=O) groups is 1. The molecule has 1 aliphatic rings. The largest absolute Gasteiger partial charge is 0.366 e. The van der Waals surface area contributed by atoms with Gasteiger partial charge in [0.15, 0.2) is 29.0 Å². The molecule has 28 heavy (non-hydrogen) atoms. The Morgan fingerprint density at radius 2 is 1.75 bits per heavy atom. The van der Waals surface area contributed by atoms with Crippen molar-refractivity contribution in [1.82, 2.24) is 4.90 Å². The number of halogens is 6. The van der Waals surface area contributed by atoms with Crippen LogP contribution >= 0.6 is 23.2 Å². The fraction of sp³-hybridized carbons (Fsp3) is 0.211. The zero-order valence-electron chi connectivity index (χ0n) is 14.4. The highest BCUT2D eigenvalue weighted by Crippen LogP contribution is 2.50. The van der Waals surface area contributed by atoms with Crippen molar-refractivity contribution in [3.05, 3.63) is 80.9 Å². The Hall–Kier alpha value is -2.09. The van der Waals surface area contributed by atoms with Crippen LogP contribution in [0.15, 0.2) is 30.9 Å². The minimum atomic E-state index is -2.53. The molecule has 1 amide bonds. The summed E-state index contributed by atoms with van der Waals surface area (Å²) in [6.07, 6.45) is 1.33. The lowest BCUT2D eigenvalue weighted by atomic mass is 9.81. The van der Waals surface area contributed by atoms with E-state index in [0.717, 1.165) is 7.05 Å². The number of carbonyl (C=O) groups excluding carboxylic acids is 1. The van der Waals surface area contributed by atoms with Gasteiger partial charge in [0.25, 0.3) is 5.91 Å². The molecule has 0 saturated carbocycles. The van der Waals surface area contributed by atoms with Gasteiger partial charge in [0.2, 0.25) is 0 Å². The second-order valence-electron chi connectivity index (χ2n) is 6.35. The summed E-state index contributed by atoms with van der Waals surface area (Å²) in [7, 11) is 1.07. The van der Waals surface area contributed by atoms with E-state index in [1.54, 1.807) is 0 Å². The number of fused-ring (bicyclic) bond motifs is 1. The first-order valence-electron chi connectivity index (χ1n) is 8.00. The molecule has 0 spiro atoms. The molecule has 2 aromatic carbocycles. The second kappa shape index (κ2) is 7.06. The van der Waals surface area contributed by atoms with Crippen molar-refractivity contribution in [3.63, 3.8) is 0 Å². The molecule has 0 bridgehead atoms. The smallest absolute Gasteiger partial charge is 0.259 e. The van der Waals surface area contributed by atoms with Crippen LogP contribution in [0, 0.1) is 23.3 Å². The highest BCUT2D eigenvalue weighted by atomic mass is 35.5. The van der Waals surface area contributed by atoms with Crippen LogP contribution in [0.3, 0.4) is 0 Å². The first-order valence-corrected chi connectivity index (χ1v) is 8.75. The number of aliphatic hydroxyl groups is 1. The van der Waals surface area contributed by atoms with Crippen LogP contribution in [0.1, 0.15) is 33.8 Å². The lowest BCUT2D eigenvalue weighted by Crippen LogP contribution is -2.46. The fourth-order valence-corrected chi connectivity index (χ4v) is 3.81. The number of allylic oxidation sites excluding steroid dienone is 1. The molecular formula is C19H13Cl2F4NO2. The van der Waals surface area contributed by atoms with E-state index in [1.807, 2.05) is 0 Å². The van der Waals surface area contributed by atoms with Crippen LogP contribution in [0.4, 0.5) is 17.6 Å². The van der Waals surface area contributed by atoms with Gasteiger partial charge in [-0.2, -0.15) is 0 Å². The molecule has 0 saturated heterocycles. The first-order chi connectivity index (χ1) is 13.1. The van der Waals surface area contributed by atoms with Gasteiger partial charge in [-0.15, -0.1) is 6.58 Å². The average molecular weight is 434 g/mol. The molecule has 1 heterocycles. The van der Waals surface area contributed by atoms with Gasteiger partial charge in [-0.05, 0) is 24.1 Å². The summed E-state index contributed by atoms with van der Waals surface area (Å²) in [4.78, 5) is 13.1. The van der Waals surface area contributed by atoms with Crippen LogP contribution in [0.5, 0.6) is 0 Å². The van der Waals surface area contributed by atoms with Gasteiger partial charge in [-0.25, -0.2) is 17.6 Å². The van der Waals surface area contributed by atoms with Gasteiger partial charge in [0.1, 0.15) is 0 Å². The summed E-state index contributed by atoms with van der Waals surface area (Å²) in [5.74, 6) is -10.3. The minimum Gasteiger partial charge on any atom is -0.366 e. The highest BCUT2D eigenvalue weighted by Gasteiger charge is 2.56. The molecule has 2 unspecified atom stereocenters. The maximum atomic E-state index is 14.7. The van der Waals surface area contributed by atoms with Crippen LogP contribution < -0.4 is 0 Å². The third-order valence-electron chi connectivity index (χ3n) is 4.90. The molecule has 2 aromatic rings. The number of nitrogens with zero attached hydrogens (tertiary/aromatic N) is 1. The second-order valence-corrected chi connectivity index (χ2v) is 7.16. The Bertz CT molecular complexity index is 1010. The number of hydrogen-bond acceptors (Lipinski definition) is 2. The fourth-order valence-electron chi connectivity index (χ4n) is 3.50. The molecule has 1 N–H and O–H groups in total. The Morgan fingerprint density at radius 3 is 2.32 bits per heavy atom. The molecule has 0 aromatic heterocycles. The van der Waals surface area contributed by atoms with Gasteiger partial charge < -0.3 is 10.0 Å². The highest BCUT2D eigenvalue weighted by molar-refractivity contribution is 6.42. The van der Waals surface area contributed by atoms with E-state index in [-0.39, 0.29) is 16.5 Å². The van der Waals surface area contributed by atoms with Gasteiger partial charge in [-0.1, -0.05) is 35.3 Å². The minimum absolute atomic E-state index is 0.0361. The van der Waals surface area contributed by atoms with Crippen molar-refractivity contribution in [3.8, 4) is 0 Å². The predicted molar refractivity (Wildman–Crippen MR) is 96.3 cm³/mol. The first kappa shape index (κ1) is 20.6.